The van der Waals surface area contributed by atoms with E-state index in [0.717, 1.165) is 19.6 Å². The van der Waals surface area contributed by atoms with E-state index < -0.39 is 0 Å². The first kappa shape index (κ1) is 6.62. The fourth-order valence-electron chi connectivity index (χ4n) is 1.90. The molecule has 2 heteroatoms. The van der Waals surface area contributed by atoms with Crippen molar-refractivity contribution in [1.82, 2.24) is 0 Å². The van der Waals surface area contributed by atoms with Gasteiger partial charge in [-0.3, -0.25) is 0 Å². The van der Waals surface area contributed by atoms with Gasteiger partial charge in [-0.05, 0) is 12.8 Å². The average Bonchev–Trinajstić information content (AvgIpc) is 2.44. The van der Waals surface area contributed by atoms with Crippen LogP contribution < -0.4 is 0 Å². The number of fused-ring (bicyclic) bond motifs is 1. The molecule has 2 fully saturated rings. The lowest BCUT2D eigenvalue weighted by Crippen LogP contribution is -2.21. The summed E-state index contributed by atoms with van der Waals surface area (Å²) in [6.07, 6.45) is 3.18. The van der Waals surface area contributed by atoms with E-state index in [1.807, 2.05) is 0 Å². The zero-order valence-electron chi connectivity index (χ0n) is 6.38. The summed E-state index contributed by atoms with van der Waals surface area (Å²) in [5, 5.41) is 0. The van der Waals surface area contributed by atoms with E-state index in [-0.39, 0.29) is 0 Å². The molecule has 2 saturated heterocycles. The van der Waals surface area contributed by atoms with Crippen LogP contribution in [0.25, 0.3) is 0 Å². The van der Waals surface area contributed by atoms with E-state index in [1.165, 1.54) is 6.42 Å². The van der Waals surface area contributed by atoms with Crippen LogP contribution >= 0.6 is 0 Å². The molecule has 0 aliphatic carbocycles. The monoisotopic (exact) mass is 142 g/mol. The molecule has 2 aliphatic heterocycles. The van der Waals surface area contributed by atoms with E-state index in [2.05, 4.69) is 6.92 Å². The number of hydrogen-bond donors (Lipinski definition) is 0. The van der Waals surface area contributed by atoms with Crippen molar-refractivity contribution in [2.75, 3.05) is 13.2 Å². The van der Waals surface area contributed by atoms with Gasteiger partial charge >= 0.3 is 0 Å². The molecule has 0 spiro atoms. The molecule has 0 bridgehead atoms. The second kappa shape index (κ2) is 2.51. The molecule has 0 saturated carbocycles. The van der Waals surface area contributed by atoms with E-state index in [0.29, 0.717) is 18.1 Å². The smallest absolute Gasteiger partial charge is 0.0887 e. The van der Waals surface area contributed by atoms with Gasteiger partial charge in [0, 0.05) is 12.5 Å². The van der Waals surface area contributed by atoms with Gasteiger partial charge < -0.3 is 9.47 Å². The first-order chi connectivity index (χ1) is 4.92. The summed E-state index contributed by atoms with van der Waals surface area (Å²) in [5.74, 6) is 0.674. The summed E-state index contributed by atoms with van der Waals surface area (Å²) >= 11 is 0. The first-order valence-electron chi connectivity index (χ1n) is 4.15. The van der Waals surface area contributed by atoms with E-state index in [1.54, 1.807) is 0 Å². The minimum absolute atomic E-state index is 0.435. The fourth-order valence-corrected chi connectivity index (χ4v) is 1.90. The normalized spacial score (nSPS) is 45.9. The maximum Gasteiger partial charge on any atom is 0.0887 e. The second-order valence-electron chi connectivity index (χ2n) is 3.16. The van der Waals surface area contributed by atoms with Crippen LogP contribution in [0.2, 0.25) is 0 Å². The van der Waals surface area contributed by atoms with Crippen molar-refractivity contribution >= 4 is 0 Å². The standard InChI is InChI=1S/C8H14O2/c1-2-6-5-10-7-3-4-9-8(6)7/h6-8H,2-5H2,1H3. The summed E-state index contributed by atoms with van der Waals surface area (Å²) in [4.78, 5) is 0. The summed E-state index contributed by atoms with van der Waals surface area (Å²) in [5.41, 5.74) is 0. The van der Waals surface area contributed by atoms with Gasteiger partial charge in [-0.1, -0.05) is 6.92 Å². The minimum Gasteiger partial charge on any atom is -0.375 e. The first-order valence-corrected chi connectivity index (χ1v) is 4.15. The highest BCUT2D eigenvalue weighted by Crippen LogP contribution is 2.32. The molecule has 0 amide bonds. The van der Waals surface area contributed by atoms with Crippen LogP contribution in [0.1, 0.15) is 19.8 Å². The molecule has 2 nitrogen and oxygen atoms in total. The van der Waals surface area contributed by atoms with Gasteiger partial charge in [-0.2, -0.15) is 0 Å². The molecule has 0 N–H and O–H groups in total. The Labute approximate surface area is 61.5 Å². The highest BCUT2D eigenvalue weighted by Gasteiger charge is 2.40. The largest absolute Gasteiger partial charge is 0.375 e. The molecular formula is C8H14O2. The van der Waals surface area contributed by atoms with E-state index in [4.69, 9.17) is 9.47 Å². The van der Waals surface area contributed by atoms with Crippen molar-refractivity contribution in [2.45, 2.75) is 32.0 Å². The van der Waals surface area contributed by atoms with Gasteiger partial charge in [0.05, 0.1) is 18.8 Å². The van der Waals surface area contributed by atoms with Gasteiger partial charge in [0.1, 0.15) is 0 Å². The maximum atomic E-state index is 5.56. The predicted molar refractivity (Wildman–Crippen MR) is 37.9 cm³/mol. The van der Waals surface area contributed by atoms with Crippen molar-refractivity contribution < 1.29 is 9.47 Å². The van der Waals surface area contributed by atoms with Crippen LogP contribution in [0.3, 0.4) is 0 Å². The second-order valence-corrected chi connectivity index (χ2v) is 3.16. The molecule has 0 aromatic carbocycles. The molecule has 3 unspecified atom stereocenters. The van der Waals surface area contributed by atoms with E-state index in [9.17, 15) is 0 Å². The topological polar surface area (TPSA) is 18.5 Å². The molecular weight excluding hydrogens is 128 g/mol. The van der Waals surface area contributed by atoms with Gasteiger partial charge in [-0.15, -0.1) is 0 Å². The highest BCUT2D eigenvalue weighted by atomic mass is 16.6. The van der Waals surface area contributed by atoms with Crippen LogP contribution in [0.5, 0.6) is 0 Å². The molecule has 2 heterocycles. The van der Waals surface area contributed by atoms with Crippen molar-refractivity contribution in [2.24, 2.45) is 5.92 Å². The van der Waals surface area contributed by atoms with Crippen molar-refractivity contribution in [3.8, 4) is 0 Å². The Bertz CT molecular complexity index is 124. The Kier molecular flexibility index (Phi) is 1.66. The van der Waals surface area contributed by atoms with Crippen LogP contribution in [-0.4, -0.2) is 25.4 Å². The lowest BCUT2D eigenvalue weighted by atomic mass is 10.00. The van der Waals surface area contributed by atoms with Crippen molar-refractivity contribution in [3.63, 3.8) is 0 Å². The summed E-state index contributed by atoms with van der Waals surface area (Å²) < 4.78 is 11.1. The molecule has 0 aromatic rings. The highest BCUT2D eigenvalue weighted by molar-refractivity contribution is 4.87. The Hall–Kier alpha value is -0.0800. The van der Waals surface area contributed by atoms with Gasteiger partial charge in [0.25, 0.3) is 0 Å². The molecule has 2 aliphatic rings. The quantitative estimate of drug-likeness (QED) is 0.547. The van der Waals surface area contributed by atoms with E-state index >= 15 is 0 Å². The summed E-state index contributed by atoms with van der Waals surface area (Å²) in [6, 6.07) is 0. The third-order valence-corrected chi connectivity index (χ3v) is 2.59. The lowest BCUT2D eigenvalue weighted by molar-refractivity contribution is 0.0630. The van der Waals surface area contributed by atoms with Gasteiger partial charge in [0.2, 0.25) is 0 Å². The maximum absolute atomic E-state index is 5.56. The van der Waals surface area contributed by atoms with Gasteiger partial charge in [0.15, 0.2) is 0 Å². The van der Waals surface area contributed by atoms with Crippen LogP contribution in [0, 0.1) is 5.92 Å². The molecule has 2 rings (SSSR count). The molecule has 10 heavy (non-hydrogen) atoms. The zero-order chi connectivity index (χ0) is 6.97. The van der Waals surface area contributed by atoms with Crippen LogP contribution in [0.15, 0.2) is 0 Å². The molecule has 0 aromatic heterocycles. The lowest BCUT2D eigenvalue weighted by Gasteiger charge is -2.12. The SMILES string of the molecule is CCC1COC2CCOC12. The predicted octanol–water partition coefficient (Wildman–Crippen LogP) is 1.20. The van der Waals surface area contributed by atoms with Gasteiger partial charge in [-0.25, -0.2) is 0 Å². The number of hydrogen-bond acceptors (Lipinski definition) is 2. The summed E-state index contributed by atoms with van der Waals surface area (Å²) in [7, 11) is 0. The van der Waals surface area contributed by atoms with Crippen LogP contribution in [0.4, 0.5) is 0 Å². The Morgan fingerprint density at radius 3 is 3.10 bits per heavy atom. The fraction of sp³-hybridized carbons (Fsp3) is 1.00. The number of rotatable bonds is 1. The number of ether oxygens (including phenoxy) is 2. The Balaban J connectivity index is 2.01. The zero-order valence-corrected chi connectivity index (χ0v) is 6.38. The molecule has 0 radical (unpaired) electrons. The molecule has 3 atom stereocenters. The Morgan fingerprint density at radius 1 is 1.40 bits per heavy atom. The van der Waals surface area contributed by atoms with Crippen LogP contribution in [-0.2, 0) is 9.47 Å². The third-order valence-electron chi connectivity index (χ3n) is 2.59. The average molecular weight is 142 g/mol. The van der Waals surface area contributed by atoms with Crippen molar-refractivity contribution in [1.29, 1.82) is 0 Å². The Morgan fingerprint density at radius 2 is 2.30 bits per heavy atom. The third kappa shape index (κ3) is 0.867. The summed E-state index contributed by atoms with van der Waals surface area (Å²) in [6.45, 7) is 4.04. The van der Waals surface area contributed by atoms with Crippen molar-refractivity contribution in [3.05, 3.63) is 0 Å². The molecule has 58 valence electrons. The minimum atomic E-state index is 0.435.